The minimum Gasteiger partial charge on any atom is -0.355 e. The molecule has 0 spiro atoms. The molecule has 0 fully saturated rings. The van der Waals surface area contributed by atoms with Gasteiger partial charge in [0.1, 0.15) is 0 Å². The van der Waals surface area contributed by atoms with E-state index in [1.807, 2.05) is 13.8 Å². The predicted octanol–water partition coefficient (Wildman–Crippen LogP) is -0.242. The zero-order valence-corrected chi connectivity index (χ0v) is 12.5. The fourth-order valence-electron chi connectivity index (χ4n) is 1.45. The van der Waals surface area contributed by atoms with Gasteiger partial charge in [-0.1, -0.05) is 20.8 Å². The van der Waals surface area contributed by atoms with Gasteiger partial charge in [-0.3, -0.25) is 4.79 Å². The second-order valence-corrected chi connectivity index (χ2v) is 6.65. The van der Waals surface area contributed by atoms with Crippen LogP contribution in [0.25, 0.3) is 0 Å². The molecule has 18 heavy (non-hydrogen) atoms. The lowest BCUT2D eigenvalue weighted by Crippen LogP contribution is -2.44. The van der Waals surface area contributed by atoms with E-state index in [0.717, 1.165) is 0 Å². The van der Waals surface area contributed by atoms with E-state index < -0.39 is 16.1 Å². The molecule has 7 heteroatoms. The van der Waals surface area contributed by atoms with Crippen molar-refractivity contribution >= 4 is 15.9 Å². The van der Waals surface area contributed by atoms with Gasteiger partial charge in [0.25, 0.3) is 0 Å². The molecule has 0 bridgehead atoms. The summed E-state index contributed by atoms with van der Waals surface area (Å²) < 4.78 is 24.0. The summed E-state index contributed by atoms with van der Waals surface area (Å²) in [6.07, 6.45) is 1.77. The van der Waals surface area contributed by atoms with Crippen LogP contribution in [-0.2, 0) is 14.8 Å². The molecule has 108 valence electrons. The van der Waals surface area contributed by atoms with E-state index in [4.69, 9.17) is 5.73 Å². The van der Waals surface area contributed by atoms with Crippen LogP contribution in [0.2, 0.25) is 0 Å². The smallest absolute Gasteiger partial charge is 0.237 e. The molecule has 0 radical (unpaired) electrons. The number of amides is 1. The minimum absolute atomic E-state index is 0.0909. The highest BCUT2D eigenvalue weighted by Gasteiger charge is 2.17. The first-order chi connectivity index (χ1) is 8.20. The van der Waals surface area contributed by atoms with Gasteiger partial charge in [0, 0.05) is 19.6 Å². The molecule has 0 aliphatic rings. The SMILES string of the molecule is CCN(CCCNC(=O)C(N)C(C)C)S(C)(=O)=O. The van der Waals surface area contributed by atoms with Crippen LogP contribution in [0.4, 0.5) is 0 Å². The number of nitrogens with zero attached hydrogens (tertiary/aromatic N) is 1. The Balaban J connectivity index is 3.97. The Labute approximate surface area is 110 Å². The standard InChI is InChI=1S/C11H25N3O3S/c1-5-14(18(4,16)17)8-6-7-13-11(15)10(12)9(2)3/h9-10H,5-8,12H2,1-4H3,(H,13,15). The van der Waals surface area contributed by atoms with Gasteiger partial charge in [0.2, 0.25) is 15.9 Å². The van der Waals surface area contributed by atoms with Crippen molar-refractivity contribution in [1.29, 1.82) is 0 Å². The van der Waals surface area contributed by atoms with Gasteiger partial charge in [-0.2, -0.15) is 0 Å². The first-order valence-electron chi connectivity index (χ1n) is 6.18. The summed E-state index contributed by atoms with van der Waals surface area (Å²) in [4.78, 5) is 11.5. The van der Waals surface area contributed by atoms with Crippen molar-refractivity contribution in [2.45, 2.75) is 33.2 Å². The fourth-order valence-corrected chi connectivity index (χ4v) is 2.38. The average molecular weight is 279 g/mol. The number of carbonyl (C=O) groups is 1. The summed E-state index contributed by atoms with van der Waals surface area (Å²) in [5.74, 6) is -0.0967. The van der Waals surface area contributed by atoms with Gasteiger partial charge in [-0.15, -0.1) is 0 Å². The zero-order chi connectivity index (χ0) is 14.3. The van der Waals surface area contributed by atoms with E-state index in [9.17, 15) is 13.2 Å². The molecule has 1 atom stereocenters. The summed E-state index contributed by atoms with van der Waals surface area (Å²) in [5.41, 5.74) is 5.68. The minimum atomic E-state index is -3.15. The lowest BCUT2D eigenvalue weighted by molar-refractivity contribution is -0.123. The Morgan fingerprint density at radius 1 is 1.39 bits per heavy atom. The van der Waals surface area contributed by atoms with E-state index in [0.29, 0.717) is 26.1 Å². The van der Waals surface area contributed by atoms with Gasteiger partial charge >= 0.3 is 0 Å². The van der Waals surface area contributed by atoms with Gasteiger partial charge in [0.05, 0.1) is 12.3 Å². The van der Waals surface area contributed by atoms with Crippen LogP contribution in [0.1, 0.15) is 27.2 Å². The summed E-state index contributed by atoms with van der Waals surface area (Å²) in [7, 11) is -3.15. The van der Waals surface area contributed by atoms with Gasteiger partial charge < -0.3 is 11.1 Å². The van der Waals surface area contributed by atoms with E-state index in [1.54, 1.807) is 6.92 Å². The normalized spacial score (nSPS) is 13.9. The molecule has 0 aliphatic heterocycles. The largest absolute Gasteiger partial charge is 0.355 e. The maximum Gasteiger partial charge on any atom is 0.237 e. The van der Waals surface area contributed by atoms with Crippen molar-refractivity contribution in [1.82, 2.24) is 9.62 Å². The molecule has 0 aliphatic carbocycles. The lowest BCUT2D eigenvalue weighted by Gasteiger charge is -2.19. The molecule has 0 aromatic heterocycles. The van der Waals surface area contributed by atoms with Crippen LogP contribution in [0.15, 0.2) is 0 Å². The second-order valence-electron chi connectivity index (χ2n) is 4.67. The number of hydrogen-bond donors (Lipinski definition) is 2. The number of nitrogens with two attached hydrogens (primary N) is 1. The number of nitrogens with one attached hydrogen (secondary N) is 1. The number of hydrogen-bond acceptors (Lipinski definition) is 4. The monoisotopic (exact) mass is 279 g/mol. The molecule has 3 N–H and O–H groups in total. The summed E-state index contributed by atoms with van der Waals surface area (Å²) >= 11 is 0. The Morgan fingerprint density at radius 2 is 1.94 bits per heavy atom. The van der Waals surface area contributed by atoms with Crippen LogP contribution in [0.5, 0.6) is 0 Å². The van der Waals surface area contributed by atoms with Crippen molar-refractivity contribution in [3.63, 3.8) is 0 Å². The number of rotatable bonds is 8. The molecule has 1 unspecified atom stereocenters. The lowest BCUT2D eigenvalue weighted by atomic mass is 10.1. The summed E-state index contributed by atoms with van der Waals surface area (Å²) in [6, 6.07) is -0.512. The molecule has 0 rings (SSSR count). The molecule has 0 aromatic rings. The highest BCUT2D eigenvalue weighted by atomic mass is 32.2. The third-order valence-corrected chi connectivity index (χ3v) is 4.11. The summed E-state index contributed by atoms with van der Waals surface area (Å²) in [5, 5.41) is 2.71. The molecule has 0 aromatic carbocycles. The Kier molecular flexibility index (Phi) is 7.42. The molecule has 6 nitrogen and oxygen atoms in total. The highest BCUT2D eigenvalue weighted by molar-refractivity contribution is 7.88. The van der Waals surface area contributed by atoms with Crippen molar-refractivity contribution in [2.75, 3.05) is 25.9 Å². The van der Waals surface area contributed by atoms with Crippen LogP contribution < -0.4 is 11.1 Å². The van der Waals surface area contributed by atoms with Crippen LogP contribution >= 0.6 is 0 Å². The Morgan fingerprint density at radius 3 is 2.33 bits per heavy atom. The first-order valence-corrected chi connectivity index (χ1v) is 8.03. The first kappa shape index (κ1) is 17.3. The van der Waals surface area contributed by atoms with Gasteiger partial charge in [0.15, 0.2) is 0 Å². The predicted molar refractivity (Wildman–Crippen MR) is 72.5 cm³/mol. The van der Waals surface area contributed by atoms with Crippen molar-refractivity contribution < 1.29 is 13.2 Å². The fraction of sp³-hybridized carbons (Fsp3) is 0.909. The molecule has 1 amide bonds. The van der Waals surface area contributed by atoms with Crippen molar-refractivity contribution in [2.24, 2.45) is 11.7 Å². The third kappa shape index (κ3) is 6.32. The molecule has 0 saturated carbocycles. The maximum absolute atomic E-state index is 11.5. The topological polar surface area (TPSA) is 92.5 Å². The van der Waals surface area contributed by atoms with Gasteiger partial charge in [-0.25, -0.2) is 12.7 Å². The van der Waals surface area contributed by atoms with E-state index in [-0.39, 0.29) is 11.8 Å². The van der Waals surface area contributed by atoms with E-state index in [1.165, 1.54) is 10.6 Å². The third-order valence-electron chi connectivity index (χ3n) is 2.73. The highest BCUT2D eigenvalue weighted by Crippen LogP contribution is 2.00. The summed E-state index contributed by atoms with van der Waals surface area (Å²) in [6.45, 7) is 6.84. The van der Waals surface area contributed by atoms with Crippen LogP contribution in [0.3, 0.4) is 0 Å². The Bertz CT molecular complexity index is 355. The molecular weight excluding hydrogens is 254 g/mol. The van der Waals surface area contributed by atoms with Crippen LogP contribution in [-0.4, -0.2) is 50.6 Å². The van der Waals surface area contributed by atoms with Gasteiger partial charge in [-0.05, 0) is 12.3 Å². The zero-order valence-electron chi connectivity index (χ0n) is 11.6. The second kappa shape index (κ2) is 7.70. The van der Waals surface area contributed by atoms with Crippen molar-refractivity contribution in [3.05, 3.63) is 0 Å². The Hall–Kier alpha value is -0.660. The molecular formula is C11H25N3O3S. The quantitative estimate of drug-likeness (QED) is 0.600. The van der Waals surface area contributed by atoms with E-state index in [2.05, 4.69) is 5.32 Å². The maximum atomic E-state index is 11.5. The number of sulfonamides is 1. The van der Waals surface area contributed by atoms with E-state index >= 15 is 0 Å². The van der Waals surface area contributed by atoms with Crippen molar-refractivity contribution in [3.8, 4) is 0 Å². The average Bonchev–Trinajstić information content (AvgIpc) is 2.25. The molecule has 0 heterocycles. The number of carbonyl (C=O) groups excluding carboxylic acids is 1. The van der Waals surface area contributed by atoms with Crippen LogP contribution in [0, 0.1) is 5.92 Å². The molecule has 0 saturated heterocycles.